The number of pyridine rings is 2. The van der Waals surface area contributed by atoms with Gasteiger partial charge in [-0.25, -0.2) is 0 Å². The first-order valence-corrected chi connectivity index (χ1v) is 9.26. The van der Waals surface area contributed by atoms with Gasteiger partial charge < -0.3 is 4.74 Å². The lowest BCUT2D eigenvalue weighted by molar-refractivity contribution is 0.292. The Bertz CT molecular complexity index is 1090. The number of hydrogen-bond acceptors (Lipinski definition) is 4. The fourth-order valence-electron chi connectivity index (χ4n) is 2.96. The van der Waals surface area contributed by atoms with Gasteiger partial charge in [-0.15, -0.1) is 5.10 Å². The average Bonchev–Trinajstić information content (AvgIpc) is 3.08. The molecule has 0 fully saturated rings. The Morgan fingerprint density at radius 2 is 1.79 bits per heavy atom. The molecule has 0 atom stereocenters. The first-order chi connectivity index (χ1) is 13.6. The van der Waals surface area contributed by atoms with E-state index in [4.69, 9.17) is 16.3 Å². The second-order valence-electron chi connectivity index (χ2n) is 6.59. The van der Waals surface area contributed by atoms with Crippen LogP contribution in [-0.2, 0) is 13.7 Å². The van der Waals surface area contributed by atoms with Crippen molar-refractivity contribution in [3.05, 3.63) is 83.4 Å². The van der Waals surface area contributed by atoms with Crippen molar-refractivity contribution in [3.63, 3.8) is 0 Å². The van der Waals surface area contributed by atoms with Gasteiger partial charge >= 0.3 is 0 Å². The van der Waals surface area contributed by atoms with Gasteiger partial charge in [0.25, 0.3) is 0 Å². The minimum atomic E-state index is 0.421. The molecule has 0 radical (unpaired) electrons. The number of aryl methyl sites for hydroxylation is 2. The van der Waals surface area contributed by atoms with Crippen molar-refractivity contribution >= 4 is 11.6 Å². The van der Waals surface area contributed by atoms with Crippen LogP contribution in [0.5, 0.6) is 5.88 Å². The van der Waals surface area contributed by atoms with Crippen molar-refractivity contribution in [1.29, 1.82) is 0 Å². The molecule has 4 rings (SSSR count). The van der Waals surface area contributed by atoms with E-state index in [0.29, 0.717) is 17.5 Å². The maximum atomic E-state index is 6.32. The van der Waals surface area contributed by atoms with Gasteiger partial charge in [0, 0.05) is 37.4 Å². The van der Waals surface area contributed by atoms with Crippen molar-refractivity contribution in [1.82, 2.24) is 19.7 Å². The number of hydrogen-bond donors (Lipinski definition) is 0. The van der Waals surface area contributed by atoms with E-state index in [0.717, 1.165) is 33.5 Å². The Labute approximate surface area is 168 Å². The molecule has 3 aromatic heterocycles. The molecule has 28 heavy (non-hydrogen) atoms. The zero-order valence-electron chi connectivity index (χ0n) is 15.6. The van der Waals surface area contributed by atoms with E-state index in [2.05, 4.69) is 15.1 Å². The lowest BCUT2D eigenvalue weighted by atomic mass is 10.1. The molecule has 0 spiro atoms. The summed E-state index contributed by atoms with van der Waals surface area (Å²) in [6.45, 7) is 2.39. The summed E-state index contributed by atoms with van der Waals surface area (Å²) < 4.78 is 7.74. The van der Waals surface area contributed by atoms with Crippen LogP contribution in [0.15, 0.2) is 67.3 Å². The molecule has 0 bridgehead atoms. The molecule has 6 heteroatoms. The second kappa shape index (κ2) is 7.82. The average molecular weight is 391 g/mol. The highest BCUT2D eigenvalue weighted by molar-refractivity contribution is 6.33. The van der Waals surface area contributed by atoms with E-state index >= 15 is 0 Å². The zero-order chi connectivity index (χ0) is 19.5. The molecule has 0 saturated heterocycles. The summed E-state index contributed by atoms with van der Waals surface area (Å²) in [5, 5.41) is 5.09. The van der Waals surface area contributed by atoms with Gasteiger partial charge in [0.15, 0.2) is 0 Å². The third-order valence-corrected chi connectivity index (χ3v) is 4.66. The molecule has 140 valence electrons. The third kappa shape index (κ3) is 3.89. The Kier molecular flexibility index (Phi) is 5.08. The van der Waals surface area contributed by atoms with Crippen LogP contribution in [0.4, 0.5) is 0 Å². The normalized spacial score (nSPS) is 10.8. The molecule has 0 aliphatic carbocycles. The van der Waals surface area contributed by atoms with E-state index in [-0.39, 0.29) is 0 Å². The molecular weight excluding hydrogens is 372 g/mol. The Hall–Kier alpha value is -3.18. The predicted molar refractivity (Wildman–Crippen MR) is 110 cm³/mol. The van der Waals surface area contributed by atoms with Crippen LogP contribution in [0.2, 0.25) is 5.02 Å². The van der Waals surface area contributed by atoms with E-state index < -0.39 is 0 Å². The summed E-state index contributed by atoms with van der Waals surface area (Å²) in [5.74, 6) is 0.598. The van der Waals surface area contributed by atoms with Crippen LogP contribution in [0.25, 0.3) is 22.4 Å². The summed E-state index contributed by atoms with van der Waals surface area (Å²) in [5.41, 5.74) is 5.80. The summed E-state index contributed by atoms with van der Waals surface area (Å²) in [4.78, 5) is 8.50. The van der Waals surface area contributed by atoms with Gasteiger partial charge in [-0.05, 0) is 41.8 Å². The number of ether oxygens (including phenoxy) is 1. The molecule has 5 nitrogen and oxygen atoms in total. The second-order valence-corrected chi connectivity index (χ2v) is 6.99. The molecule has 0 aliphatic rings. The molecule has 0 saturated carbocycles. The minimum Gasteiger partial charge on any atom is -0.471 e. The molecule has 0 aliphatic heterocycles. The number of aromatic nitrogens is 4. The van der Waals surface area contributed by atoms with Gasteiger partial charge in [0.05, 0.1) is 16.3 Å². The van der Waals surface area contributed by atoms with Gasteiger partial charge in [-0.3, -0.25) is 14.6 Å². The molecular formula is C22H19ClN4O. The maximum absolute atomic E-state index is 6.32. The fraction of sp³-hybridized carbons (Fsp3) is 0.136. The number of benzene rings is 1. The highest BCUT2D eigenvalue weighted by atomic mass is 35.5. The predicted octanol–water partition coefficient (Wildman–Crippen LogP) is 5.08. The highest BCUT2D eigenvalue weighted by Gasteiger charge is 2.12. The Morgan fingerprint density at radius 3 is 2.50 bits per heavy atom. The largest absolute Gasteiger partial charge is 0.471 e. The van der Waals surface area contributed by atoms with Crippen LogP contribution in [0, 0.1) is 6.92 Å². The van der Waals surface area contributed by atoms with Gasteiger partial charge in [0.2, 0.25) is 5.88 Å². The standard InChI is InChI=1S/C22H19ClN4O/c1-15-11-20(23)21(25-12-15)18-5-3-16(4-6-18)14-28-22-19(13-27(2)26-22)17-7-9-24-10-8-17/h3-13H,14H2,1-2H3. The van der Waals surface area contributed by atoms with E-state index in [1.165, 1.54) is 0 Å². The van der Waals surface area contributed by atoms with Crippen molar-refractivity contribution in [2.24, 2.45) is 7.05 Å². The first-order valence-electron chi connectivity index (χ1n) is 8.88. The third-order valence-electron chi connectivity index (χ3n) is 4.37. The Balaban J connectivity index is 1.51. The van der Waals surface area contributed by atoms with Crippen LogP contribution < -0.4 is 4.74 Å². The van der Waals surface area contributed by atoms with E-state index in [1.54, 1.807) is 17.1 Å². The zero-order valence-corrected chi connectivity index (χ0v) is 16.4. The quantitative estimate of drug-likeness (QED) is 0.476. The topological polar surface area (TPSA) is 52.8 Å². The van der Waals surface area contributed by atoms with Crippen molar-refractivity contribution < 1.29 is 4.74 Å². The molecule has 0 N–H and O–H groups in total. The van der Waals surface area contributed by atoms with Crippen LogP contribution in [0.3, 0.4) is 0 Å². The molecule has 0 unspecified atom stereocenters. The van der Waals surface area contributed by atoms with Crippen LogP contribution >= 0.6 is 11.6 Å². The summed E-state index contributed by atoms with van der Waals surface area (Å²) in [7, 11) is 1.88. The maximum Gasteiger partial charge on any atom is 0.241 e. The number of rotatable bonds is 5. The van der Waals surface area contributed by atoms with Gasteiger partial charge in [0.1, 0.15) is 6.61 Å². The van der Waals surface area contributed by atoms with Gasteiger partial charge in [-0.2, -0.15) is 0 Å². The molecule has 0 amide bonds. The highest BCUT2D eigenvalue weighted by Crippen LogP contribution is 2.29. The first kappa shape index (κ1) is 18.2. The SMILES string of the molecule is Cc1cnc(-c2ccc(COc3nn(C)cc3-c3ccncc3)cc2)c(Cl)c1. The Morgan fingerprint density at radius 1 is 1.04 bits per heavy atom. The van der Waals surface area contributed by atoms with Gasteiger partial charge in [-0.1, -0.05) is 35.9 Å². The van der Waals surface area contributed by atoms with E-state index in [9.17, 15) is 0 Å². The summed E-state index contributed by atoms with van der Waals surface area (Å²) in [6, 6.07) is 13.8. The van der Waals surface area contributed by atoms with Crippen molar-refractivity contribution in [3.8, 4) is 28.3 Å². The summed E-state index contributed by atoms with van der Waals surface area (Å²) in [6.07, 6.45) is 7.28. The molecule has 4 aromatic rings. The smallest absolute Gasteiger partial charge is 0.241 e. The summed E-state index contributed by atoms with van der Waals surface area (Å²) >= 11 is 6.32. The van der Waals surface area contributed by atoms with Crippen molar-refractivity contribution in [2.75, 3.05) is 0 Å². The van der Waals surface area contributed by atoms with Crippen LogP contribution in [-0.4, -0.2) is 19.7 Å². The number of nitrogens with zero attached hydrogens (tertiary/aromatic N) is 4. The lowest BCUT2D eigenvalue weighted by Crippen LogP contribution is -1.98. The van der Waals surface area contributed by atoms with Crippen molar-refractivity contribution in [2.45, 2.75) is 13.5 Å². The monoisotopic (exact) mass is 390 g/mol. The minimum absolute atomic E-state index is 0.421. The molecule has 1 aromatic carbocycles. The van der Waals surface area contributed by atoms with Crippen LogP contribution in [0.1, 0.15) is 11.1 Å². The number of halogens is 1. The van der Waals surface area contributed by atoms with E-state index in [1.807, 2.05) is 68.8 Å². The lowest BCUT2D eigenvalue weighted by Gasteiger charge is -2.08. The fourth-order valence-corrected chi connectivity index (χ4v) is 3.29. The molecule has 3 heterocycles.